The molecule has 0 aromatic rings. The van der Waals surface area contributed by atoms with Crippen LogP contribution in [0.2, 0.25) is 0 Å². The average Bonchev–Trinajstić information content (AvgIpc) is 1.83. The van der Waals surface area contributed by atoms with E-state index in [0.29, 0.717) is 6.26 Å². The molecule has 4 N–H and O–H groups in total. The standard InChI is InChI=1S/C4H9NO5S/c1-11(9,10)4(5,2-6)3(7)8/h6H,2,5H2,1H3,(H,7,8)/t4-/m1/s1. The van der Waals surface area contributed by atoms with Gasteiger partial charge in [-0.1, -0.05) is 0 Å². The summed E-state index contributed by atoms with van der Waals surface area (Å²) < 4.78 is 21.3. The molecule has 0 saturated carbocycles. The van der Waals surface area contributed by atoms with E-state index in [1.807, 2.05) is 0 Å². The van der Waals surface area contributed by atoms with E-state index in [2.05, 4.69) is 0 Å². The van der Waals surface area contributed by atoms with Crippen LogP contribution in [0.1, 0.15) is 0 Å². The molecule has 0 aromatic heterocycles. The predicted octanol–water partition coefficient (Wildman–Crippen LogP) is -2.24. The summed E-state index contributed by atoms with van der Waals surface area (Å²) in [5, 5.41) is 16.7. The van der Waals surface area contributed by atoms with Gasteiger partial charge < -0.3 is 15.9 Å². The summed E-state index contributed by atoms with van der Waals surface area (Å²) in [5.74, 6) is -1.76. The van der Waals surface area contributed by atoms with Gasteiger partial charge in [0.15, 0.2) is 9.84 Å². The van der Waals surface area contributed by atoms with Gasteiger partial charge >= 0.3 is 5.97 Å². The van der Waals surface area contributed by atoms with E-state index in [1.165, 1.54) is 0 Å². The molecule has 0 aliphatic heterocycles. The van der Waals surface area contributed by atoms with Crippen LogP contribution in [0.3, 0.4) is 0 Å². The van der Waals surface area contributed by atoms with Crippen LogP contribution in [0.15, 0.2) is 0 Å². The van der Waals surface area contributed by atoms with E-state index in [9.17, 15) is 13.2 Å². The Morgan fingerprint density at radius 2 is 2.00 bits per heavy atom. The largest absolute Gasteiger partial charge is 0.479 e. The van der Waals surface area contributed by atoms with Crippen LogP contribution in [-0.2, 0) is 14.6 Å². The highest BCUT2D eigenvalue weighted by molar-refractivity contribution is 7.92. The molecule has 0 aliphatic carbocycles. The van der Waals surface area contributed by atoms with Crippen LogP contribution in [0.25, 0.3) is 0 Å². The summed E-state index contributed by atoms with van der Waals surface area (Å²) in [4.78, 5) is 7.66. The number of hydrogen-bond acceptors (Lipinski definition) is 5. The molecule has 7 heteroatoms. The normalized spacial score (nSPS) is 17.4. The van der Waals surface area contributed by atoms with Crippen LogP contribution in [-0.4, -0.2) is 42.3 Å². The minimum absolute atomic E-state index is 0.650. The molecule has 11 heavy (non-hydrogen) atoms. The molecule has 1 atom stereocenters. The van der Waals surface area contributed by atoms with Crippen LogP contribution in [0.5, 0.6) is 0 Å². The van der Waals surface area contributed by atoms with Gasteiger partial charge in [-0.2, -0.15) is 0 Å². The van der Waals surface area contributed by atoms with Crippen molar-refractivity contribution in [1.82, 2.24) is 0 Å². The van der Waals surface area contributed by atoms with Crippen molar-refractivity contribution in [3.05, 3.63) is 0 Å². The number of sulfone groups is 1. The number of aliphatic hydroxyl groups excluding tert-OH is 1. The topological polar surface area (TPSA) is 118 Å². The van der Waals surface area contributed by atoms with E-state index < -0.39 is 27.3 Å². The molecule has 0 saturated heterocycles. The van der Waals surface area contributed by atoms with Gasteiger partial charge in [0.05, 0.1) is 6.61 Å². The van der Waals surface area contributed by atoms with E-state index in [1.54, 1.807) is 0 Å². The van der Waals surface area contributed by atoms with Crippen molar-refractivity contribution < 1.29 is 23.4 Å². The second-order valence-corrected chi connectivity index (χ2v) is 4.40. The smallest absolute Gasteiger partial charge is 0.342 e. The lowest BCUT2D eigenvalue weighted by Gasteiger charge is -2.18. The highest BCUT2D eigenvalue weighted by atomic mass is 32.2. The van der Waals surface area contributed by atoms with E-state index in [-0.39, 0.29) is 0 Å². The first-order valence-electron chi connectivity index (χ1n) is 2.58. The summed E-state index contributed by atoms with van der Waals surface area (Å²) in [5.41, 5.74) is 4.88. The molecule has 0 aromatic carbocycles. The fraction of sp³-hybridized carbons (Fsp3) is 0.750. The third-order valence-electron chi connectivity index (χ3n) is 1.26. The number of carbonyl (C=O) groups is 1. The van der Waals surface area contributed by atoms with Crippen LogP contribution in [0.4, 0.5) is 0 Å². The van der Waals surface area contributed by atoms with E-state index in [0.717, 1.165) is 0 Å². The maximum atomic E-state index is 10.7. The molecular weight excluding hydrogens is 174 g/mol. The van der Waals surface area contributed by atoms with Crippen molar-refractivity contribution in [3.63, 3.8) is 0 Å². The van der Waals surface area contributed by atoms with Crippen molar-refractivity contribution in [2.75, 3.05) is 12.9 Å². The van der Waals surface area contributed by atoms with Crippen molar-refractivity contribution in [3.8, 4) is 0 Å². The van der Waals surface area contributed by atoms with Gasteiger partial charge in [-0.05, 0) is 0 Å². The zero-order chi connectivity index (χ0) is 9.28. The Kier molecular flexibility index (Phi) is 2.60. The molecule has 66 valence electrons. The Balaban J connectivity index is 5.09. The molecule has 6 nitrogen and oxygen atoms in total. The van der Waals surface area contributed by atoms with Crippen molar-refractivity contribution in [1.29, 1.82) is 0 Å². The number of aliphatic hydroxyl groups is 1. The van der Waals surface area contributed by atoms with Gasteiger partial charge in [0.1, 0.15) is 0 Å². The second kappa shape index (κ2) is 2.76. The predicted molar refractivity (Wildman–Crippen MR) is 36.5 cm³/mol. The third kappa shape index (κ3) is 1.67. The van der Waals surface area contributed by atoms with Crippen molar-refractivity contribution >= 4 is 15.8 Å². The summed E-state index contributed by atoms with van der Waals surface area (Å²) in [6.07, 6.45) is 0.650. The maximum absolute atomic E-state index is 10.7. The summed E-state index contributed by atoms with van der Waals surface area (Å²) >= 11 is 0. The van der Waals surface area contributed by atoms with Crippen LogP contribution in [0, 0.1) is 0 Å². The SMILES string of the molecule is CS(=O)(=O)[C@](N)(CO)C(=O)O. The van der Waals surface area contributed by atoms with E-state index >= 15 is 0 Å². The fourth-order valence-corrected chi connectivity index (χ4v) is 0.895. The maximum Gasteiger partial charge on any atom is 0.342 e. The molecule has 0 unspecified atom stereocenters. The molecule has 0 heterocycles. The number of aliphatic carboxylic acids is 1. The second-order valence-electron chi connectivity index (χ2n) is 2.12. The number of carboxylic acids is 1. The van der Waals surface area contributed by atoms with Gasteiger partial charge in [-0.15, -0.1) is 0 Å². The first kappa shape index (κ1) is 10.3. The molecule has 0 radical (unpaired) electrons. The first-order valence-corrected chi connectivity index (χ1v) is 4.47. The van der Waals surface area contributed by atoms with Crippen LogP contribution >= 0.6 is 0 Å². The van der Waals surface area contributed by atoms with E-state index in [4.69, 9.17) is 15.9 Å². The van der Waals surface area contributed by atoms with Crippen molar-refractivity contribution in [2.24, 2.45) is 5.73 Å². The Morgan fingerprint density at radius 3 is 2.00 bits per heavy atom. The molecule has 0 rings (SSSR count). The Morgan fingerprint density at radius 1 is 1.64 bits per heavy atom. The highest BCUT2D eigenvalue weighted by Crippen LogP contribution is 2.07. The Bertz CT molecular complexity index is 258. The lowest BCUT2D eigenvalue weighted by Crippen LogP contribution is -2.57. The minimum atomic E-state index is -3.99. The lowest BCUT2D eigenvalue weighted by molar-refractivity contribution is -0.141. The summed E-state index contributed by atoms with van der Waals surface area (Å²) in [6.45, 7) is -1.14. The van der Waals surface area contributed by atoms with Gasteiger partial charge in [-0.3, -0.25) is 0 Å². The zero-order valence-electron chi connectivity index (χ0n) is 5.81. The number of carboxylic acid groups (broad SMARTS) is 1. The molecule has 0 spiro atoms. The number of rotatable bonds is 3. The molecular formula is C4H9NO5S. The summed E-state index contributed by atoms with van der Waals surface area (Å²) in [7, 11) is -3.99. The van der Waals surface area contributed by atoms with Gasteiger partial charge in [0.25, 0.3) is 0 Å². The number of hydrogen-bond donors (Lipinski definition) is 3. The zero-order valence-corrected chi connectivity index (χ0v) is 6.63. The summed E-state index contributed by atoms with van der Waals surface area (Å²) in [6, 6.07) is 0. The average molecular weight is 183 g/mol. The Labute approximate surface area is 63.5 Å². The highest BCUT2D eigenvalue weighted by Gasteiger charge is 2.44. The van der Waals surface area contributed by atoms with Gasteiger partial charge in [0.2, 0.25) is 4.87 Å². The minimum Gasteiger partial charge on any atom is -0.479 e. The number of nitrogens with two attached hydrogens (primary N) is 1. The Hall–Kier alpha value is -0.660. The molecule has 0 bridgehead atoms. The lowest BCUT2D eigenvalue weighted by atomic mass is 10.3. The molecule has 0 aliphatic rings. The first-order chi connectivity index (χ1) is 4.75. The van der Waals surface area contributed by atoms with Gasteiger partial charge in [-0.25, -0.2) is 13.2 Å². The third-order valence-corrected chi connectivity index (χ3v) is 2.89. The molecule has 0 amide bonds. The quantitative estimate of drug-likeness (QED) is 0.455. The fourth-order valence-electron chi connectivity index (χ4n) is 0.343. The molecule has 0 fully saturated rings. The van der Waals surface area contributed by atoms with Gasteiger partial charge in [0, 0.05) is 6.26 Å². The monoisotopic (exact) mass is 183 g/mol. The van der Waals surface area contributed by atoms with Crippen LogP contribution < -0.4 is 5.73 Å². The van der Waals surface area contributed by atoms with Crippen molar-refractivity contribution in [2.45, 2.75) is 4.87 Å².